The Balaban J connectivity index is 1.99. The van der Waals surface area contributed by atoms with Gasteiger partial charge in [-0.2, -0.15) is 0 Å². The van der Waals surface area contributed by atoms with Crippen LogP contribution in [0.25, 0.3) is 0 Å². The number of hydrogen-bond donors (Lipinski definition) is 1. The molecule has 1 aliphatic rings. The summed E-state index contributed by atoms with van der Waals surface area (Å²) in [6.45, 7) is 4.77. The maximum Gasteiger partial charge on any atom is 0.272 e. The molecule has 0 amide bonds. The van der Waals surface area contributed by atoms with Gasteiger partial charge < -0.3 is 5.32 Å². The van der Waals surface area contributed by atoms with Crippen LogP contribution in [0.15, 0.2) is 18.2 Å². The van der Waals surface area contributed by atoms with Crippen molar-refractivity contribution in [3.63, 3.8) is 0 Å². The van der Waals surface area contributed by atoms with Crippen molar-refractivity contribution in [3.8, 4) is 0 Å². The summed E-state index contributed by atoms with van der Waals surface area (Å²) in [4.78, 5) is 10.6. The molecule has 0 aromatic heterocycles. The highest BCUT2D eigenvalue weighted by Gasteiger charge is 2.21. The minimum atomic E-state index is -0.306. The molecular weight excluding hydrogens is 240 g/mol. The topological polar surface area (TPSA) is 55.2 Å². The van der Waals surface area contributed by atoms with Crippen LogP contribution in [0.1, 0.15) is 43.7 Å². The monoisotopic (exact) mass is 262 g/mol. The predicted octanol–water partition coefficient (Wildman–Crippen LogP) is 3.57. The number of hydrogen-bond acceptors (Lipinski definition) is 3. The number of rotatable bonds is 5. The van der Waals surface area contributed by atoms with Gasteiger partial charge in [0, 0.05) is 24.2 Å². The van der Waals surface area contributed by atoms with Gasteiger partial charge in [-0.1, -0.05) is 25.0 Å². The lowest BCUT2D eigenvalue weighted by atomic mass is 9.99. The van der Waals surface area contributed by atoms with Crippen LogP contribution in [0, 0.1) is 23.0 Å². The smallest absolute Gasteiger partial charge is 0.272 e. The van der Waals surface area contributed by atoms with Crippen molar-refractivity contribution in [2.24, 2.45) is 5.92 Å². The second-order valence-corrected chi connectivity index (χ2v) is 5.53. The SMILES string of the molecule is Cc1c(CN[C@H](C)C2CCCC2)cccc1[N+](=O)[O-]. The summed E-state index contributed by atoms with van der Waals surface area (Å²) >= 11 is 0. The molecule has 0 unspecified atom stereocenters. The Morgan fingerprint density at radius 1 is 1.42 bits per heavy atom. The number of nitro groups is 1. The van der Waals surface area contributed by atoms with Gasteiger partial charge in [-0.25, -0.2) is 0 Å². The Kier molecular flexibility index (Phi) is 4.53. The van der Waals surface area contributed by atoms with Crippen molar-refractivity contribution < 1.29 is 4.92 Å². The fraction of sp³-hybridized carbons (Fsp3) is 0.600. The molecule has 0 saturated heterocycles. The molecule has 104 valence electrons. The highest BCUT2D eigenvalue weighted by Crippen LogP contribution is 2.28. The fourth-order valence-electron chi connectivity index (χ4n) is 2.95. The lowest BCUT2D eigenvalue weighted by molar-refractivity contribution is -0.385. The van der Waals surface area contributed by atoms with Crippen LogP contribution < -0.4 is 5.32 Å². The molecule has 0 radical (unpaired) electrons. The zero-order chi connectivity index (χ0) is 13.8. The third kappa shape index (κ3) is 3.32. The van der Waals surface area contributed by atoms with Gasteiger partial charge in [-0.15, -0.1) is 0 Å². The first-order chi connectivity index (χ1) is 9.09. The van der Waals surface area contributed by atoms with Crippen molar-refractivity contribution in [2.75, 3.05) is 0 Å². The average molecular weight is 262 g/mol. The average Bonchev–Trinajstić information content (AvgIpc) is 2.90. The largest absolute Gasteiger partial charge is 0.310 e. The first kappa shape index (κ1) is 14.0. The molecular formula is C15H22N2O2. The Bertz CT molecular complexity index is 453. The van der Waals surface area contributed by atoms with E-state index in [1.54, 1.807) is 12.1 Å². The summed E-state index contributed by atoms with van der Waals surface area (Å²) in [6.07, 6.45) is 5.29. The summed E-state index contributed by atoms with van der Waals surface area (Å²) in [5, 5.41) is 14.4. The zero-order valence-corrected chi connectivity index (χ0v) is 11.7. The van der Waals surface area contributed by atoms with Gasteiger partial charge in [0.1, 0.15) is 0 Å². The summed E-state index contributed by atoms with van der Waals surface area (Å²) < 4.78 is 0. The molecule has 1 N–H and O–H groups in total. The van der Waals surface area contributed by atoms with E-state index in [1.165, 1.54) is 25.7 Å². The Labute approximate surface area is 114 Å². The molecule has 4 heteroatoms. The van der Waals surface area contributed by atoms with Crippen molar-refractivity contribution >= 4 is 5.69 Å². The van der Waals surface area contributed by atoms with E-state index < -0.39 is 0 Å². The van der Waals surface area contributed by atoms with Crippen LogP contribution in [-0.2, 0) is 6.54 Å². The maximum absolute atomic E-state index is 10.9. The molecule has 1 aliphatic carbocycles. The summed E-state index contributed by atoms with van der Waals surface area (Å²) in [5.41, 5.74) is 2.02. The Morgan fingerprint density at radius 3 is 2.74 bits per heavy atom. The van der Waals surface area contributed by atoms with Gasteiger partial charge in [0.05, 0.1) is 4.92 Å². The molecule has 0 spiro atoms. The molecule has 1 fully saturated rings. The van der Waals surface area contributed by atoms with Crippen LogP contribution in [0.5, 0.6) is 0 Å². The lowest BCUT2D eigenvalue weighted by Crippen LogP contribution is -2.31. The Hall–Kier alpha value is -1.42. The standard InChI is InChI=1S/C15H22N2O2/c1-11-14(8-5-9-15(11)17(18)19)10-16-12(2)13-6-3-4-7-13/h5,8-9,12-13,16H,3-4,6-7,10H2,1-2H3/t12-/m1/s1. The van der Waals surface area contributed by atoms with E-state index in [2.05, 4.69) is 12.2 Å². The molecule has 2 rings (SSSR count). The first-order valence-corrected chi connectivity index (χ1v) is 7.06. The minimum absolute atomic E-state index is 0.216. The summed E-state index contributed by atoms with van der Waals surface area (Å²) in [5.74, 6) is 0.763. The van der Waals surface area contributed by atoms with E-state index in [0.717, 1.165) is 17.0 Å². The van der Waals surface area contributed by atoms with Gasteiger partial charge in [-0.3, -0.25) is 10.1 Å². The lowest BCUT2D eigenvalue weighted by Gasteiger charge is -2.20. The van der Waals surface area contributed by atoms with Crippen LogP contribution in [0.2, 0.25) is 0 Å². The number of nitro benzene ring substituents is 1. The van der Waals surface area contributed by atoms with Crippen molar-refractivity contribution in [2.45, 2.75) is 52.1 Å². The van der Waals surface area contributed by atoms with Gasteiger partial charge >= 0.3 is 0 Å². The van der Waals surface area contributed by atoms with Gasteiger partial charge in [-0.05, 0) is 38.2 Å². The zero-order valence-electron chi connectivity index (χ0n) is 11.7. The second-order valence-electron chi connectivity index (χ2n) is 5.53. The summed E-state index contributed by atoms with van der Waals surface area (Å²) in [6, 6.07) is 5.79. The number of nitrogens with one attached hydrogen (secondary N) is 1. The van der Waals surface area contributed by atoms with E-state index >= 15 is 0 Å². The van der Waals surface area contributed by atoms with Crippen LogP contribution in [0.4, 0.5) is 5.69 Å². The molecule has 4 nitrogen and oxygen atoms in total. The molecule has 1 saturated carbocycles. The molecule has 0 bridgehead atoms. The maximum atomic E-state index is 10.9. The van der Waals surface area contributed by atoms with E-state index in [9.17, 15) is 10.1 Å². The molecule has 0 heterocycles. The van der Waals surface area contributed by atoms with E-state index in [-0.39, 0.29) is 10.6 Å². The quantitative estimate of drug-likeness (QED) is 0.652. The highest BCUT2D eigenvalue weighted by molar-refractivity contribution is 5.44. The molecule has 1 aromatic rings. The van der Waals surface area contributed by atoms with Crippen molar-refractivity contribution in [1.29, 1.82) is 0 Å². The molecule has 1 aromatic carbocycles. The van der Waals surface area contributed by atoms with Crippen LogP contribution in [0.3, 0.4) is 0 Å². The highest BCUT2D eigenvalue weighted by atomic mass is 16.6. The van der Waals surface area contributed by atoms with Crippen LogP contribution >= 0.6 is 0 Å². The number of nitrogens with zero attached hydrogens (tertiary/aromatic N) is 1. The Morgan fingerprint density at radius 2 is 2.11 bits per heavy atom. The first-order valence-electron chi connectivity index (χ1n) is 7.06. The molecule has 19 heavy (non-hydrogen) atoms. The van der Waals surface area contributed by atoms with Gasteiger partial charge in [0.15, 0.2) is 0 Å². The molecule has 0 aliphatic heterocycles. The minimum Gasteiger partial charge on any atom is -0.310 e. The summed E-state index contributed by atoms with van der Waals surface area (Å²) in [7, 11) is 0. The van der Waals surface area contributed by atoms with Gasteiger partial charge in [0.2, 0.25) is 0 Å². The van der Waals surface area contributed by atoms with E-state index in [1.807, 2.05) is 13.0 Å². The van der Waals surface area contributed by atoms with Gasteiger partial charge in [0.25, 0.3) is 5.69 Å². The molecule has 1 atom stereocenters. The predicted molar refractivity (Wildman–Crippen MR) is 76.1 cm³/mol. The van der Waals surface area contributed by atoms with Crippen LogP contribution in [-0.4, -0.2) is 11.0 Å². The fourth-order valence-corrected chi connectivity index (χ4v) is 2.95. The normalized spacial score (nSPS) is 17.6. The number of benzene rings is 1. The van der Waals surface area contributed by atoms with Crippen molar-refractivity contribution in [1.82, 2.24) is 5.32 Å². The second kappa shape index (κ2) is 6.15. The van der Waals surface area contributed by atoms with Crippen molar-refractivity contribution in [3.05, 3.63) is 39.4 Å². The van der Waals surface area contributed by atoms with E-state index in [0.29, 0.717) is 12.6 Å². The van der Waals surface area contributed by atoms with E-state index in [4.69, 9.17) is 0 Å². The third-order valence-electron chi connectivity index (χ3n) is 4.34. The third-order valence-corrected chi connectivity index (χ3v) is 4.34.